The Morgan fingerprint density at radius 3 is 2.17 bits per heavy atom. The molecule has 1 fully saturated rings. The van der Waals surface area contributed by atoms with Crippen LogP contribution < -0.4 is 0 Å². The summed E-state index contributed by atoms with van der Waals surface area (Å²) in [4.78, 5) is 0. The second-order valence-electron chi connectivity index (χ2n) is 5.65. The van der Waals surface area contributed by atoms with Crippen molar-refractivity contribution < 1.29 is 40.2 Å². The van der Waals surface area contributed by atoms with Gasteiger partial charge in [0.25, 0.3) is 0 Å². The third-order valence-electron chi connectivity index (χ3n) is 3.67. The molecular formula is C14H21F7O2. The van der Waals surface area contributed by atoms with Crippen molar-refractivity contribution in [3.05, 3.63) is 0 Å². The number of halogens is 7. The van der Waals surface area contributed by atoms with Crippen molar-refractivity contribution in [2.24, 2.45) is 0 Å². The van der Waals surface area contributed by atoms with Crippen molar-refractivity contribution in [1.29, 1.82) is 0 Å². The van der Waals surface area contributed by atoms with E-state index in [1.54, 1.807) is 0 Å². The van der Waals surface area contributed by atoms with E-state index in [-0.39, 0.29) is 19.1 Å². The van der Waals surface area contributed by atoms with Crippen LogP contribution in [0.4, 0.5) is 30.7 Å². The molecule has 1 atom stereocenters. The van der Waals surface area contributed by atoms with Crippen molar-refractivity contribution in [3.8, 4) is 0 Å². The first-order valence-electron chi connectivity index (χ1n) is 7.59. The molecule has 0 N–H and O–H groups in total. The van der Waals surface area contributed by atoms with Crippen LogP contribution in [-0.2, 0) is 9.47 Å². The van der Waals surface area contributed by atoms with Crippen LogP contribution in [0.2, 0.25) is 0 Å². The standard InChI is InChI=1S/C14H21F7O2/c15-12(16,13(17,18)14(19,20)21)7-3-1-4-8-22-10-11-6-2-5-9-23-11/h11H,1-10H2. The van der Waals surface area contributed by atoms with Crippen molar-refractivity contribution in [1.82, 2.24) is 0 Å². The van der Waals surface area contributed by atoms with Gasteiger partial charge in [-0.2, -0.15) is 30.7 Å². The van der Waals surface area contributed by atoms with Gasteiger partial charge in [0, 0.05) is 19.6 Å². The van der Waals surface area contributed by atoms with Crippen LogP contribution in [-0.4, -0.2) is 43.9 Å². The summed E-state index contributed by atoms with van der Waals surface area (Å²) in [6.07, 6.45) is -4.82. The van der Waals surface area contributed by atoms with Gasteiger partial charge in [-0.3, -0.25) is 0 Å². The lowest BCUT2D eigenvalue weighted by molar-refractivity contribution is -0.355. The molecule has 0 radical (unpaired) electrons. The molecule has 138 valence electrons. The molecule has 0 aromatic rings. The molecule has 1 aliphatic heterocycles. The minimum atomic E-state index is -6.25. The van der Waals surface area contributed by atoms with Crippen LogP contribution in [0, 0.1) is 0 Å². The Bertz CT molecular complexity index is 339. The van der Waals surface area contributed by atoms with Gasteiger partial charge in [-0.15, -0.1) is 0 Å². The number of ether oxygens (including phenoxy) is 2. The zero-order chi connectivity index (χ0) is 17.6. The molecule has 0 aliphatic carbocycles. The van der Waals surface area contributed by atoms with Gasteiger partial charge in [0.1, 0.15) is 0 Å². The molecule has 1 saturated heterocycles. The maximum atomic E-state index is 13.0. The molecule has 0 saturated carbocycles. The molecule has 2 nitrogen and oxygen atoms in total. The quantitative estimate of drug-likeness (QED) is 0.430. The third kappa shape index (κ3) is 6.10. The maximum absolute atomic E-state index is 13.0. The van der Waals surface area contributed by atoms with E-state index in [9.17, 15) is 30.7 Å². The van der Waals surface area contributed by atoms with Gasteiger partial charge in [-0.05, 0) is 32.1 Å². The first kappa shape index (κ1) is 20.5. The van der Waals surface area contributed by atoms with Crippen LogP contribution in [0.1, 0.15) is 44.9 Å². The Balaban J connectivity index is 2.14. The van der Waals surface area contributed by atoms with E-state index in [4.69, 9.17) is 9.47 Å². The Labute approximate surface area is 130 Å². The molecule has 1 unspecified atom stereocenters. The highest BCUT2D eigenvalue weighted by atomic mass is 19.4. The number of unbranched alkanes of at least 4 members (excludes halogenated alkanes) is 2. The highest BCUT2D eigenvalue weighted by Crippen LogP contribution is 2.48. The van der Waals surface area contributed by atoms with Crippen molar-refractivity contribution in [3.63, 3.8) is 0 Å². The minimum absolute atomic E-state index is 0.0126. The second-order valence-corrected chi connectivity index (χ2v) is 5.65. The summed E-state index contributed by atoms with van der Waals surface area (Å²) >= 11 is 0. The largest absolute Gasteiger partial charge is 0.459 e. The van der Waals surface area contributed by atoms with E-state index in [2.05, 4.69) is 0 Å². The highest BCUT2D eigenvalue weighted by Gasteiger charge is 2.72. The Hall–Kier alpha value is -0.570. The lowest BCUT2D eigenvalue weighted by Gasteiger charge is -2.28. The normalized spacial score (nSPS) is 20.7. The molecule has 0 amide bonds. The smallest absolute Gasteiger partial charge is 0.379 e. The van der Waals surface area contributed by atoms with Crippen molar-refractivity contribution >= 4 is 0 Å². The Morgan fingerprint density at radius 2 is 1.61 bits per heavy atom. The summed E-state index contributed by atoms with van der Waals surface area (Å²) in [5.74, 6) is -11.1. The lowest BCUT2D eigenvalue weighted by atomic mass is 10.0. The lowest BCUT2D eigenvalue weighted by Crippen LogP contribution is -2.51. The molecule has 0 bridgehead atoms. The minimum Gasteiger partial charge on any atom is -0.379 e. The van der Waals surface area contributed by atoms with Crippen LogP contribution in [0.3, 0.4) is 0 Å². The molecule has 0 spiro atoms. The molecule has 1 rings (SSSR count). The first-order valence-corrected chi connectivity index (χ1v) is 7.59. The van der Waals surface area contributed by atoms with Crippen LogP contribution in [0.25, 0.3) is 0 Å². The first-order chi connectivity index (χ1) is 10.6. The average Bonchev–Trinajstić information content (AvgIpc) is 2.46. The fraction of sp³-hybridized carbons (Fsp3) is 1.00. The molecule has 1 heterocycles. The summed E-state index contributed by atoms with van der Waals surface area (Å²) in [6.45, 7) is 1.29. The average molecular weight is 354 g/mol. The number of rotatable bonds is 9. The number of alkyl halides is 7. The van der Waals surface area contributed by atoms with Crippen LogP contribution in [0.15, 0.2) is 0 Å². The summed E-state index contributed by atoms with van der Waals surface area (Å²) in [6, 6.07) is 0. The summed E-state index contributed by atoms with van der Waals surface area (Å²) in [5, 5.41) is 0. The molecular weight excluding hydrogens is 333 g/mol. The van der Waals surface area contributed by atoms with Crippen molar-refractivity contribution in [2.45, 2.75) is 69.1 Å². The van der Waals surface area contributed by atoms with Gasteiger partial charge in [0.05, 0.1) is 12.7 Å². The molecule has 9 heteroatoms. The summed E-state index contributed by atoms with van der Waals surface area (Å²) < 4.78 is 97.7. The second kappa shape index (κ2) is 8.50. The molecule has 0 aromatic heterocycles. The van der Waals surface area contributed by atoms with Gasteiger partial charge in [-0.25, -0.2) is 0 Å². The maximum Gasteiger partial charge on any atom is 0.459 e. The summed E-state index contributed by atoms with van der Waals surface area (Å²) in [7, 11) is 0. The predicted molar refractivity (Wildman–Crippen MR) is 68.8 cm³/mol. The molecule has 1 aliphatic rings. The van der Waals surface area contributed by atoms with Gasteiger partial charge in [0.15, 0.2) is 0 Å². The predicted octanol–water partition coefficient (Wildman–Crippen LogP) is 4.97. The van der Waals surface area contributed by atoms with Crippen molar-refractivity contribution in [2.75, 3.05) is 19.8 Å². The van der Waals surface area contributed by atoms with Crippen LogP contribution >= 0.6 is 0 Å². The fourth-order valence-corrected chi connectivity index (χ4v) is 2.25. The SMILES string of the molecule is FC(F)(F)C(F)(F)C(F)(F)CCCCCOCC1CCCCO1. The van der Waals surface area contributed by atoms with E-state index < -0.39 is 30.9 Å². The topological polar surface area (TPSA) is 18.5 Å². The van der Waals surface area contributed by atoms with E-state index >= 15 is 0 Å². The fourth-order valence-electron chi connectivity index (χ4n) is 2.25. The van der Waals surface area contributed by atoms with Gasteiger partial charge in [0.2, 0.25) is 0 Å². The zero-order valence-corrected chi connectivity index (χ0v) is 12.6. The number of hydrogen-bond donors (Lipinski definition) is 0. The molecule has 0 aromatic carbocycles. The third-order valence-corrected chi connectivity index (χ3v) is 3.67. The Kier molecular flexibility index (Phi) is 7.57. The van der Waals surface area contributed by atoms with Gasteiger partial charge >= 0.3 is 18.0 Å². The summed E-state index contributed by atoms with van der Waals surface area (Å²) in [5.41, 5.74) is 0. The van der Waals surface area contributed by atoms with Gasteiger partial charge in [-0.1, -0.05) is 6.42 Å². The monoisotopic (exact) mass is 354 g/mol. The van der Waals surface area contributed by atoms with E-state index in [0.29, 0.717) is 19.6 Å². The highest BCUT2D eigenvalue weighted by molar-refractivity contribution is 4.90. The van der Waals surface area contributed by atoms with Crippen LogP contribution in [0.5, 0.6) is 0 Å². The Morgan fingerprint density at radius 1 is 0.913 bits per heavy atom. The van der Waals surface area contributed by atoms with E-state index in [0.717, 1.165) is 19.3 Å². The van der Waals surface area contributed by atoms with E-state index in [1.165, 1.54) is 0 Å². The van der Waals surface area contributed by atoms with Gasteiger partial charge < -0.3 is 9.47 Å². The van der Waals surface area contributed by atoms with E-state index in [1.807, 2.05) is 0 Å². The number of hydrogen-bond acceptors (Lipinski definition) is 2. The molecule has 23 heavy (non-hydrogen) atoms. The zero-order valence-electron chi connectivity index (χ0n) is 12.6.